The molecule has 1 aromatic heterocycles. The number of likely N-dealkylation sites (tertiary alicyclic amines) is 1. The summed E-state index contributed by atoms with van der Waals surface area (Å²) < 4.78 is 9.95. The van der Waals surface area contributed by atoms with Gasteiger partial charge in [0, 0.05) is 25.0 Å². The van der Waals surface area contributed by atoms with E-state index >= 15 is 0 Å². The van der Waals surface area contributed by atoms with Gasteiger partial charge in [-0.25, -0.2) is 9.59 Å². The maximum atomic E-state index is 12.8. The van der Waals surface area contributed by atoms with Crippen LogP contribution in [0, 0.1) is 0 Å². The Labute approximate surface area is 162 Å². The van der Waals surface area contributed by atoms with Crippen LogP contribution in [0.15, 0.2) is 36.7 Å². The molecule has 0 radical (unpaired) electrons. The molecule has 1 N–H and O–H groups in total. The molecule has 1 atom stereocenters. The van der Waals surface area contributed by atoms with Crippen LogP contribution < -0.4 is 10.1 Å². The van der Waals surface area contributed by atoms with E-state index in [1.54, 1.807) is 17.3 Å². The first-order valence-corrected chi connectivity index (χ1v) is 8.86. The van der Waals surface area contributed by atoms with Crippen molar-refractivity contribution in [2.45, 2.75) is 18.9 Å². The smallest absolute Gasteiger partial charge is 0.341 e. The standard InChI is InChI=1S/C19H20ClN3O4/c1-26-17-11-15(14(20)10-13(17)18(24)27-2)22-19(25)23-9-3-4-16(23)12-5-7-21-8-6-12/h5-8,10-11,16H,3-4,9H2,1-2H3,(H,22,25)/t16-/m1/s1. The second-order valence-electron chi connectivity index (χ2n) is 6.09. The summed E-state index contributed by atoms with van der Waals surface area (Å²) in [5, 5.41) is 3.04. The summed E-state index contributed by atoms with van der Waals surface area (Å²) in [6.45, 7) is 0.647. The Kier molecular flexibility index (Phi) is 5.81. The van der Waals surface area contributed by atoms with Gasteiger partial charge in [0.1, 0.15) is 11.3 Å². The van der Waals surface area contributed by atoms with Crippen LogP contribution >= 0.6 is 11.6 Å². The molecule has 1 aromatic carbocycles. The van der Waals surface area contributed by atoms with Crippen molar-refractivity contribution in [1.82, 2.24) is 9.88 Å². The fraction of sp³-hybridized carbons (Fsp3) is 0.316. The monoisotopic (exact) mass is 389 g/mol. The number of hydrogen-bond acceptors (Lipinski definition) is 5. The Morgan fingerprint density at radius 2 is 2.00 bits per heavy atom. The summed E-state index contributed by atoms with van der Waals surface area (Å²) >= 11 is 6.26. The zero-order valence-corrected chi connectivity index (χ0v) is 15.8. The summed E-state index contributed by atoms with van der Waals surface area (Å²) in [5.74, 6) is -0.294. The zero-order chi connectivity index (χ0) is 19.4. The predicted molar refractivity (Wildman–Crippen MR) is 101 cm³/mol. The molecule has 2 heterocycles. The molecule has 8 heteroatoms. The van der Waals surface area contributed by atoms with Crippen LogP contribution in [-0.2, 0) is 4.74 Å². The molecule has 142 valence electrons. The first-order valence-electron chi connectivity index (χ1n) is 8.48. The van der Waals surface area contributed by atoms with Gasteiger partial charge in [0.05, 0.1) is 31.0 Å². The van der Waals surface area contributed by atoms with Crippen molar-refractivity contribution >= 4 is 29.3 Å². The largest absolute Gasteiger partial charge is 0.496 e. The molecule has 0 saturated carbocycles. The maximum Gasteiger partial charge on any atom is 0.341 e. The van der Waals surface area contributed by atoms with Crippen molar-refractivity contribution in [3.8, 4) is 5.75 Å². The molecule has 3 rings (SSSR count). The lowest BCUT2D eigenvalue weighted by Gasteiger charge is -2.25. The first-order chi connectivity index (χ1) is 13.0. The number of anilines is 1. The van der Waals surface area contributed by atoms with Crippen molar-refractivity contribution in [1.29, 1.82) is 0 Å². The third-order valence-corrected chi connectivity index (χ3v) is 4.85. The molecule has 1 fully saturated rings. The number of halogens is 1. The van der Waals surface area contributed by atoms with Crippen molar-refractivity contribution in [2.24, 2.45) is 0 Å². The van der Waals surface area contributed by atoms with Gasteiger partial charge in [0.2, 0.25) is 0 Å². The molecule has 2 amide bonds. The molecule has 7 nitrogen and oxygen atoms in total. The van der Waals surface area contributed by atoms with E-state index in [0.717, 1.165) is 18.4 Å². The van der Waals surface area contributed by atoms with E-state index in [1.165, 1.54) is 26.4 Å². The van der Waals surface area contributed by atoms with Gasteiger partial charge < -0.3 is 19.7 Å². The minimum absolute atomic E-state index is 0.0111. The highest BCUT2D eigenvalue weighted by molar-refractivity contribution is 6.34. The van der Waals surface area contributed by atoms with Crippen LogP contribution in [-0.4, -0.2) is 42.6 Å². The Hall–Kier alpha value is -2.80. The van der Waals surface area contributed by atoms with Crippen LogP contribution in [0.4, 0.5) is 10.5 Å². The summed E-state index contributed by atoms with van der Waals surface area (Å²) in [4.78, 5) is 30.5. The number of rotatable bonds is 4. The highest BCUT2D eigenvalue weighted by Gasteiger charge is 2.30. The number of pyridine rings is 1. The van der Waals surface area contributed by atoms with Gasteiger partial charge in [0.25, 0.3) is 0 Å². The second kappa shape index (κ2) is 8.26. The van der Waals surface area contributed by atoms with Crippen LogP contribution in [0.5, 0.6) is 5.75 Å². The highest BCUT2D eigenvalue weighted by Crippen LogP contribution is 2.35. The fourth-order valence-electron chi connectivity index (χ4n) is 3.22. The first kappa shape index (κ1) is 19.0. The number of amides is 2. The molecule has 0 aliphatic carbocycles. The molecular weight excluding hydrogens is 370 g/mol. The van der Waals surface area contributed by atoms with E-state index in [0.29, 0.717) is 12.2 Å². The maximum absolute atomic E-state index is 12.8. The average Bonchev–Trinajstić information content (AvgIpc) is 3.19. The number of methoxy groups -OCH3 is 2. The van der Waals surface area contributed by atoms with Gasteiger partial charge in [-0.3, -0.25) is 4.98 Å². The third-order valence-electron chi connectivity index (χ3n) is 4.54. The minimum Gasteiger partial charge on any atom is -0.496 e. The Balaban J connectivity index is 1.82. The highest BCUT2D eigenvalue weighted by atomic mass is 35.5. The third kappa shape index (κ3) is 3.98. The van der Waals surface area contributed by atoms with Gasteiger partial charge in [-0.1, -0.05) is 11.6 Å². The lowest BCUT2D eigenvalue weighted by atomic mass is 10.1. The Morgan fingerprint density at radius 3 is 2.67 bits per heavy atom. The van der Waals surface area contributed by atoms with Crippen LogP contribution in [0.25, 0.3) is 0 Å². The van der Waals surface area contributed by atoms with Crippen LogP contribution in [0.2, 0.25) is 5.02 Å². The number of hydrogen-bond donors (Lipinski definition) is 1. The van der Waals surface area contributed by atoms with Crippen molar-refractivity contribution < 1.29 is 19.1 Å². The molecule has 1 saturated heterocycles. The summed E-state index contributed by atoms with van der Waals surface area (Å²) in [7, 11) is 2.71. The SMILES string of the molecule is COC(=O)c1cc(Cl)c(NC(=O)N2CCC[C@@H]2c2ccncc2)cc1OC. The molecule has 27 heavy (non-hydrogen) atoms. The number of carbonyl (C=O) groups excluding carboxylic acids is 2. The molecule has 1 aliphatic heterocycles. The fourth-order valence-corrected chi connectivity index (χ4v) is 3.43. The average molecular weight is 390 g/mol. The number of esters is 1. The van der Waals surface area contributed by atoms with E-state index in [2.05, 4.69) is 10.3 Å². The Morgan fingerprint density at radius 1 is 1.26 bits per heavy atom. The number of nitrogens with zero attached hydrogens (tertiary/aromatic N) is 2. The Bertz CT molecular complexity index is 844. The van der Waals surface area contributed by atoms with E-state index in [1.807, 2.05) is 12.1 Å². The van der Waals surface area contributed by atoms with Gasteiger partial charge in [-0.15, -0.1) is 0 Å². The number of benzene rings is 1. The zero-order valence-electron chi connectivity index (χ0n) is 15.1. The van der Waals surface area contributed by atoms with Gasteiger partial charge in [0.15, 0.2) is 0 Å². The number of nitrogens with one attached hydrogen (secondary N) is 1. The van der Waals surface area contributed by atoms with Gasteiger partial charge in [-0.2, -0.15) is 0 Å². The minimum atomic E-state index is -0.566. The van der Waals surface area contributed by atoms with Crippen molar-refractivity contribution in [3.05, 3.63) is 52.8 Å². The molecule has 2 aromatic rings. The van der Waals surface area contributed by atoms with E-state index in [-0.39, 0.29) is 28.4 Å². The number of ether oxygens (including phenoxy) is 2. The molecule has 1 aliphatic rings. The van der Waals surface area contributed by atoms with Crippen molar-refractivity contribution in [2.75, 3.05) is 26.1 Å². The number of carbonyl (C=O) groups is 2. The van der Waals surface area contributed by atoms with E-state index in [9.17, 15) is 9.59 Å². The number of urea groups is 1. The van der Waals surface area contributed by atoms with Crippen LogP contribution in [0.1, 0.15) is 34.8 Å². The number of aromatic nitrogens is 1. The van der Waals surface area contributed by atoms with E-state index < -0.39 is 5.97 Å². The summed E-state index contributed by atoms with van der Waals surface area (Å²) in [6, 6.07) is 6.50. The molecule has 0 spiro atoms. The normalized spacial score (nSPS) is 16.1. The van der Waals surface area contributed by atoms with E-state index in [4.69, 9.17) is 21.1 Å². The molecule has 0 unspecified atom stereocenters. The quantitative estimate of drug-likeness (QED) is 0.802. The van der Waals surface area contributed by atoms with Gasteiger partial charge in [-0.05, 0) is 36.6 Å². The molecule has 0 bridgehead atoms. The lowest BCUT2D eigenvalue weighted by Crippen LogP contribution is -2.34. The molecular formula is C19H20ClN3O4. The summed E-state index contributed by atoms with van der Waals surface area (Å²) in [5.41, 5.74) is 1.60. The second-order valence-corrected chi connectivity index (χ2v) is 6.49. The predicted octanol–water partition coefficient (Wildman–Crippen LogP) is 3.90. The van der Waals surface area contributed by atoms with Gasteiger partial charge >= 0.3 is 12.0 Å². The lowest BCUT2D eigenvalue weighted by molar-refractivity contribution is 0.0597. The van der Waals surface area contributed by atoms with Crippen LogP contribution in [0.3, 0.4) is 0 Å². The summed E-state index contributed by atoms with van der Waals surface area (Å²) in [6.07, 6.45) is 5.24. The van der Waals surface area contributed by atoms with Crippen molar-refractivity contribution in [3.63, 3.8) is 0 Å². The topological polar surface area (TPSA) is 80.8 Å².